The van der Waals surface area contributed by atoms with Crippen LogP contribution in [0.4, 0.5) is 11.4 Å². The highest BCUT2D eigenvalue weighted by Gasteiger charge is 2.21. The van der Waals surface area contributed by atoms with E-state index in [9.17, 15) is 27.9 Å². The van der Waals surface area contributed by atoms with Crippen molar-refractivity contribution in [3.8, 4) is 0 Å². The van der Waals surface area contributed by atoms with Gasteiger partial charge in [-0.15, -0.1) is 0 Å². The Kier molecular flexibility index (Phi) is 10.3. The Morgan fingerprint density at radius 1 is 1.33 bits per heavy atom. The molecule has 0 aromatic heterocycles. The van der Waals surface area contributed by atoms with E-state index in [4.69, 9.17) is 14.0 Å². The molecule has 1 aromatic carbocycles. The molecule has 0 radical (unpaired) electrons. The Hall–Kier alpha value is -1.61. The fourth-order valence-electron chi connectivity index (χ4n) is 2.27. The van der Waals surface area contributed by atoms with E-state index in [0.717, 1.165) is 12.3 Å². The largest absolute Gasteiger partial charge is 0.469 e. The first-order chi connectivity index (χ1) is 13.8. The molecule has 16 heteroatoms. The average Bonchev–Trinajstić information content (AvgIpc) is 2.62. The van der Waals surface area contributed by atoms with Crippen LogP contribution in [-0.4, -0.2) is 73.5 Å². The van der Waals surface area contributed by atoms with Crippen molar-refractivity contribution in [3.05, 3.63) is 33.9 Å². The Balaban J connectivity index is 3.08. The minimum absolute atomic E-state index is 0.0675. The normalized spacial score (nSPS) is 11.9. The number of hydrogen-bond donors (Lipinski definition) is 3. The molecular weight excluding hydrogens is 513 g/mol. The van der Waals surface area contributed by atoms with E-state index >= 15 is 0 Å². The quantitative estimate of drug-likeness (QED) is 0.0804. The van der Waals surface area contributed by atoms with Gasteiger partial charge in [0.25, 0.3) is 21.7 Å². The Morgan fingerprint density at radius 2 is 2.00 bits per heavy atom. The van der Waals surface area contributed by atoms with Crippen molar-refractivity contribution in [2.45, 2.75) is 0 Å². The number of phosphoric ester groups is 1. The Morgan fingerprint density at radius 3 is 2.53 bits per heavy atom. The number of non-ortho nitro benzene ring substituents is 1. The van der Waals surface area contributed by atoms with Crippen LogP contribution in [0.15, 0.2) is 18.2 Å². The van der Waals surface area contributed by atoms with Crippen LogP contribution in [0.3, 0.4) is 0 Å². The van der Waals surface area contributed by atoms with Crippen molar-refractivity contribution < 1.29 is 41.2 Å². The lowest BCUT2D eigenvalue weighted by molar-refractivity contribution is -0.384. The second-order valence-corrected chi connectivity index (χ2v) is 9.42. The number of halogens is 1. The third-order valence-electron chi connectivity index (χ3n) is 3.44. The number of anilines is 1. The van der Waals surface area contributed by atoms with Gasteiger partial charge in [-0.25, -0.2) is 4.57 Å². The smallest absolute Gasteiger partial charge is 0.368 e. The van der Waals surface area contributed by atoms with E-state index < -0.39 is 35.4 Å². The zero-order valence-electron chi connectivity index (χ0n) is 15.8. The van der Waals surface area contributed by atoms with Gasteiger partial charge in [-0.3, -0.25) is 23.6 Å². The maximum atomic E-state index is 12.6. The predicted octanol–water partition coefficient (Wildman–Crippen LogP) is 0.611. The van der Waals surface area contributed by atoms with Gasteiger partial charge in [0.2, 0.25) is 0 Å². The summed E-state index contributed by atoms with van der Waals surface area (Å²) in [7, 11) is -8.37. The van der Waals surface area contributed by atoms with Crippen LogP contribution in [0.5, 0.6) is 0 Å². The number of rotatable bonds is 13. The van der Waals surface area contributed by atoms with Crippen LogP contribution in [0.1, 0.15) is 10.4 Å². The molecule has 13 nitrogen and oxygen atoms in total. The summed E-state index contributed by atoms with van der Waals surface area (Å²) in [5.41, 5.74) is -0.146. The van der Waals surface area contributed by atoms with Crippen molar-refractivity contribution in [1.82, 2.24) is 5.32 Å². The van der Waals surface area contributed by atoms with Gasteiger partial charge < -0.3 is 20.0 Å². The molecule has 1 rings (SSSR count). The number of nitrogens with one attached hydrogen (secondary N) is 1. The van der Waals surface area contributed by atoms with E-state index in [1.54, 1.807) is 4.90 Å². The van der Waals surface area contributed by atoms with Gasteiger partial charge in [-0.05, 0) is 6.07 Å². The number of carbonyl (C=O) groups is 1. The molecular formula is C14H21BrN3O10PS. The van der Waals surface area contributed by atoms with Gasteiger partial charge in [0, 0.05) is 37.1 Å². The van der Waals surface area contributed by atoms with Crippen LogP contribution < -0.4 is 10.2 Å². The fourth-order valence-corrected chi connectivity index (χ4v) is 3.41. The predicted molar refractivity (Wildman–Crippen MR) is 110 cm³/mol. The lowest BCUT2D eigenvalue weighted by atomic mass is 10.1. The van der Waals surface area contributed by atoms with Gasteiger partial charge in [0.05, 0.1) is 35.6 Å². The minimum atomic E-state index is -4.70. The van der Waals surface area contributed by atoms with E-state index in [0.29, 0.717) is 11.9 Å². The van der Waals surface area contributed by atoms with Crippen molar-refractivity contribution in [1.29, 1.82) is 0 Å². The summed E-state index contributed by atoms with van der Waals surface area (Å²) < 4.78 is 41.9. The van der Waals surface area contributed by atoms with Gasteiger partial charge in [0.15, 0.2) is 0 Å². The monoisotopic (exact) mass is 533 g/mol. The Labute approximate surface area is 181 Å². The summed E-state index contributed by atoms with van der Waals surface area (Å²) in [5.74, 6) is -0.744. The molecule has 0 saturated heterocycles. The summed E-state index contributed by atoms with van der Waals surface area (Å²) in [6.07, 6.45) is 0.895. The maximum absolute atomic E-state index is 12.6. The van der Waals surface area contributed by atoms with E-state index in [1.807, 2.05) is 0 Å². The molecule has 170 valence electrons. The number of nitro benzene ring substituents is 1. The van der Waals surface area contributed by atoms with Gasteiger partial charge >= 0.3 is 7.82 Å². The van der Waals surface area contributed by atoms with Crippen molar-refractivity contribution in [3.63, 3.8) is 0 Å². The first kappa shape index (κ1) is 26.4. The molecule has 1 amide bonds. The molecule has 0 aliphatic heterocycles. The first-order valence-electron chi connectivity index (χ1n) is 8.26. The lowest BCUT2D eigenvalue weighted by Gasteiger charge is -2.26. The van der Waals surface area contributed by atoms with E-state index in [2.05, 4.69) is 25.8 Å². The summed E-state index contributed by atoms with van der Waals surface area (Å²) in [4.78, 5) is 41.9. The zero-order chi connectivity index (χ0) is 22.9. The summed E-state index contributed by atoms with van der Waals surface area (Å²) in [5, 5.41) is 13.9. The zero-order valence-corrected chi connectivity index (χ0v) is 19.1. The molecule has 0 saturated carbocycles. The maximum Gasteiger partial charge on any atom is 0.469 e. The van der Waals surface area contributed by atoms with Crippen molar-refractivity contribution in [2.75, 3.05) is 49.3 Å². The van der Waals surface area contributed by atoms with Gasteiger partial charge in [-0.1, -0.05) is 15.9 Å². The number of amides is 1. The standard InChI is InChI=1S/C14H21BrN3O10PS/c1-30(25,26)28-9-7-17(6-4-15)13-3-2-11(18(20)21)10-12(13)14(19)16-5-8-27-29(22,23)24/h2-3,10H,4-9H2,1H3,(H,16,19)(H2,22,23,24). The van der Waals surface area contributed by atoms with Crippen LogP contribution in [0.2, 0.25) is 0 Å². The number of benzene rings is 1. The van der Waals surface area contributed by atoms with Crippen LogP contribution in [0, 0.1) is 10.1 Å². The van der Waals surface area contributed by atoms with E-state index in [1.165, 1.54) is 12.1 Å². The molecule has 0 unspecified atom stereocenters. The summed E-state index contributed by atoms with van der Waals surface area (Å²) in [6, 6.07) is 3.59. The molecule has 0 spiro atoms. The average molecular weight is 534 g/mol. The lowest BCUT2D eigenvalue weighted by Crippen LogP contribution is -2.34. The number of hydrogen-bond acceptors (Lipinski definition) is 9. The summed E-state index contributed by atoms with van der Waals surface area (Å²) >= 11 is 3.25. The third kappa shape index (κ3) is 9.93. The van der Waals surface area contributed by atoms with Crippen LogP contribution >= 0.6 is 23.8 Å². The number of nitro groups is 1. The number of nitrogens with zero attached hydrogens (tertiary/aromatic N) is 2. The highest BCUT2D eigenvalue weighted by atomic mass is 79.9. The fraction of sp³-hybridized carbons (Fsp3) is 0.500. The second-order valence-electron chi connectivity index (χ2n) is 5.74. The van der Waals surface area contributed by atoms with Crippen LogP contribution in [0.25, 0.3) is 0 Å². The summed E-state index contributed by atoms with van der Waals surface area (Å²) in [6.45, 7) is -0.556. The molecule has 0 heterocycles. The number of carbonyl (C=O) groups excluding carboxylic acids is 1. The van der Waals surface area contributed by atoms with Gasteiger partial charge in [-0.2, -0.15) is 8.42 Å². The number of phosphoric acid groups is 1. The Bertz CT molecular complexity index is 907. The molecule has 0 aliphatic carbocycles. The van der Waals surface area contributed by atoms with E-state index in [-0.39, 0.29) is 36.6 Å². The molecule has 3 N–H and O–H groups in total. The SMILES string of the molecule is CS(=O)(=O)OCCN(CCBr)c1ccc([N+](=O)[O-])cc1C(=O)NCCOP(=O)(O)O. The first-order valence-corrected chi connectivity index (χ1v) is 12.7. The third-order valence-corrected chi connectivity index (χ3v) is 4.90. The topological polar surface area (TPSA) is 186 Å². The molecule has 0 atom stereocenters. The highest BCUT2D eigenvalue weighted by molar-refractivity contribution is 9.09. The van der Waals surface area contributed by atoms with Gasteiger partial charge in [0.1, 0.15) is 0 Å². The molecule has 30 heavy (non-hydrogen) atoms. The molecule has 0 bridgehead atoms. The highest BCUT2D eigenvalue weighted by Crippen LogP contribution is 2.35. The van der Waals surface area contributed by atoms with Crippen molar-refractivity contribution >= 4 is 51.2 Å². The van der Waals surface area contributed by atoms with Crippen LogP contribution in [-0.2, 0) is 23.4 Å². The molecule has 0 fully saturated rings. The van der Waals surface area contributed by atoms with Crippen molar-refractivity contribution in [2.24, 2.45) is 0 Å². The number of alkyl halides is 1. The molecule has 1 aromatic rings. The second kappa shape index (κ2) is 11.7. The molecule has 0 aliphatic rings. The minimum Gasteiger partial charge on any atom is -0.368 e.